The Hall–Kier alpha value is -1.54. The zero-order chi connectivity index (χ0) is 41.6. The first-order valence-corrected chi connectivity index (χ1v) is 25.1. The molecule has 0 fully saturated rings. The van der Waals surface area contributed by atoms with Gasteiger partial charge in [-0.25, -0.2) is 4.57 Å². The van der Waals surface area contributed by atoms with E-state index in [0.717, 1.165) is 38.5 Å². The summed E-state index contributed by atoms with van der Waals surface area (Å²) in [5.41, 5.74) is 5.37. The molecule has 2 unspecified atom stereocenters. The van der Waals surface area contributed by atoms with Gasteiger partial charge in [0.05, 0.1) is 19.8 Å². The molecule has 0 rings (SSSR count). The molecular weight excluding hydrogens is 734 g/mol. The SMILES string of the molecule is CC/C=C\C/C=C\C/C=C\C/C=C\CCC(=O)OC(COCCCCCCCCCCCCCCCCCCCCCCCCCCC)COP(=O)(O)OCCN. The van der Waals surface area contributed by atoms with Crippen molar-refractivity contribution in [3.63, 3.8) is 0 Å². The highest BCUT2D eigenvalue weighted by atomic mass is 31.2. The zero-order valence-electron chi connectivity index (χ0n) is 37.1. The highest BCUT2D eigenvalue weighted by Crippen LogP contribution is 2.43. The Bertz CT molecular complexity index is 1010. The van der Waals surface area contributed by atoms with Crippen LogP contribution in [-0.4, -0.2) is 49.9 Å². The fraction of sp³-hybridized carbons (Fsp3) is 0.812. The Morgan fingerprint density at radius 3 is 1.37 bits per heavy atom. The van der Waals surface area contributed by atoms with E-state index in [4.69, 9.17) is 24.3 Å². The summed E-state index contributed by atoms with van der Waals surface area (Å²) in [6.45, 7) is 4.73. The fourth-order valence-electron chi connectivity index (χ4n) is 6.60. The predicted molar refractivity (Wildman–Crippen MR) is 243 cm³/mol. The summed E-state index contributed by atoms with van der Waals surface area (Å²) in [6, 6.07) is 0. The van der Waals surface area contributed by atoms with E-state index in [0.29, 0.717) is 13.0 Å². The molecule has 9 heteroatoms. The van der Waals surface area contributed by atoms with E-state index in [1.165, 1.54) is 148 Å². The molecule has 57 heavy (non-hydrogen) atoms. The second kappa shape index (κ2) is 45.5. The Morgan fingerprint density at radius 2 is 0.947 bits per heavy atom. The Labute approximate surface area is 351 Å². The van der Waals surface area contributed by atoms with Gasteiger partial charge >= 0.3 is 13.8 Å². The van der Waals surface area contributed by atoms with E-state index >= 15 is 0 Å². The number of carbonyl (C=O) groups excluding carboxylic acids is 1. The third-order valence-corrected chi connectivity index (χ3v) is 11.0. The van der Waals surface area contributed by atoms with Gasteiger partial charge in [0.25, 0.3) is 0 Å². The molecule has 334 valence electrons. The molecule has 0 amide bonds. The van der Waals surface area contributed by atoms with Crippen LogP contribution in [0.5, 0.6) is 0 Å². The first kappa shape index (κ1) is 55.5. The topological polar surface area (TPSA) is 117 Å². The number of esters is 1. The number of nitrogens with two attached hydrogens (primary N) is 1. The van der Waals surface area contributed by atoms with Crippen molar-refractivity contribution in [3.05, 3.63) is 48.6 Å². The average molecular weight is 824 g/mol. The quantitative estimate of drug-likeness (QED) is 0.0270. The third kappa shape index (κ3) is 45.4. The Kier molecular flexibility index (Phi) is 44.3. The molecule has 0 radical (unpaired) electrons. The summed E-state index contributed by atoms with van der Waals surface area (Å²) in [5, 5.41) is 0. The van der Waals surface area contributed by atoms with Crippen LogP contribution in [0, 0.1) is 0 Å². The smallest absolute Gasteiger partial charge is 0.457 e. The van der Waals surface area contributed by atoms with E-state index in [9.17, 15) is 14.3 Å². The highest BCUT2D eigenvalue weighted by molar-refractivity contribution is 7.47. The van der Waals surface area contributed by atoms with Gasteiger partial charge in [-0.05, 0) is 38.5 Å². The van der Waals surface area contributed by atoms with Crippen LogP contribution < -0.4 is 5.73 Å². The molecule has 3 N–H and O–H groups in total. The van der Waals surface area contributed by atoms with E-state index in [2.05, 4.69) is 50.3 Å². The molecule has 0 aromatic carbocycles. The second-order valence-corrected chi connectivity index (χ2v) is 17.1. The summed E-state index contributed by atoms with van der Waals surface area (Å²) in [7, 11) is -4.29. The van der Waals surface area contributed by atoms with Crippen LogP contribution in [0.1, 0.15) is 213 Å². The summed E-state index contributed by atoms with van der Waals surface area (Å²) in [4.78, 5) is 22.4. The van der Waals surface area contributed by atoms with Gasteiger partial charge in [-0.2, -0.15) is 0 Å². The van der Waals surface area contributed by atoms with Crippen molar-refractivity contribution in [3.8, 4) is 0 Å². The Balaban J connectivity index is 3.92. The van der Waals surface area contributed by atoms with E-state index in [-0.39, 0.29) is 32.8 Å². The number of phosphoric acid groups is 1. The van der Waals surface area contributed by atoms with Crippen LogP contribution in [0.2, 0.25) is 0 Å². The summed E-state index contributed by atoms with van der Waals surface area (Å²) in [6.07, 6.45) is 54.6. The summed E-state index contributed by atoms with van der Waals surface area (Å²) < 4.78 is 33.4. The lowest BCUT2D eigenvalue weighted by molar-refractivity contribution is -0.154. The molecule has 0 aromatic heterocycles. The molecule has 0 aliphatic heterocycles. The molecule has 0 saturated carbocycles. The van der Waals surface area contributed by atoms with Gasteiger partial charge in [-0.3, -0.25) is 13.8 Å². The number of unbranched alkanes of at least 4 members (excludes halogenated alkanes) is 24. The molecule has 0 aliphatic carbocycles. The van der Waals surface area contributed by atoms with Crippen LogP contribution >= 0.6 is 7.82 Å². The van der Waals surface area contributed by atoms with Crippen molar-refractivity contribution in [2.24, 2.45) is 5.73 Å². The summed E-state index contributed by atoms with van der Waals surface area (Å²) >= 11 is 0. The number of carbonyl (C=O) groups is 1. The summed E-state index contributed by atoms with van der Waals surface area (Å²) in [5.74, 6) is -0.407. The van der Waals surface area contributed by atoms with Crippen molar-refractivity contribution in [1.29, 1.82) is 0 Å². The number of phosphoric ester groups is 1. The van der Waals surface area contributed by atoms with E-state index < -0.39 is 19.9 Å². The van der Waals surface area contributed by atoms with Crippen molar-refractivity contribution in [2.45, 2.75) is 219 Å². The van der Waals surface area contributed by atoms with Crippen LogP contribution in [0.15, 0.2) is 48.6 Å². The van der Waals surface area contributed by atoms with Crippen LogP contribution in [0.4, 0.5) is 0 Å². The molecule has 0 bridgehead atoms. The number of ether oxygens (including phenoxy) is 2. The first-order chi connectivity index (χ1) is 27.9. The van der Waals surface area contributed by atoms with Crippen LogP contribution in [0.3, 0.4) is 0 Å². The third-order valence-electron chi connectivity index (χ3n) is 10.0. The van der Waals surface area contributed by atoms with E-state index in [1.807, 2.05) is 12.2 Å². The van der Waals surface area contributed by atoms with Gasteiger partial charge in [0, 0.05) is 19.6 Å². The molecule has 0 saturated heterocycles. The lowest BCUT2D eigenvalue weighted by atomic mass is 10.0. The van der Waals surface area contributed by atoms with Crippen molar-refractivity contribution >= 4 is 13.8 Å². The van der Waals surface area contributed by atoms with Gasteiger partial charge in [0.1, 0.15) is 6.10 Å². The lowest BCUT2D eigenvalue weighted by Crippen LogP contribution is -2.28. The highest BCUT2D eigenvalue weighted by Gasteiger charge is 2.25. The second-order valence-electron chi connectivity index (χ2n) is 15.6. The van der Waals surface area contributed by atoms with Gasteiger partial charge < -0.3 is 20.1 Å². The number of hydrogen-bond acceptors (Lipinski definition) is 7. The Morgan fingerprint density at radius 1 is 0.544 bits per heavy atom. The van der Waals surface area contributed by atoms with E-state index in [1.54, 1.807) is 0 Å². The normalized spacial score (nSPS) is 13.8. The minimum Gasteiger partial charge on any atom is -0.457 e. The fourth-order valence-corrected chi connectivity index (χ4v) is 7.37. The van der Waals surface area contributed by atoms with Crippen molar-refractivity contribution < 1.29 is 32.8 Å². The largest absolute Gasteiger partial charge is 0.472 e. The van der Waals surface area contributed by atoms with Crippen LogP contribution in [-0.2, 0) is 27.9 Å². The first-order valence-electron chi connectivity index (χ1n) is 23.6. The molecule has 0 aliphatic rings. The van der Waals surface area contributed by atoms with Crippen LogP contribution in [0.25, 0.3) is 0 Å². The maximum Gasteiger partial charge on any atom is 0.472 e. The lowest BCUT2D eigenvalue weighted by Gasteiger charge is -2.20. The maximum atomic E-state index is 12.5. The molecule has 0 heterocycles. The van der Waals surface area contributed by atoms with Gasteiger partial charge in [0.15, 0.2) is 0 Å². The minimum atomic E-state index is -4.29. The van der Waals surface area contributed by atoms with Crippen molar-refractivity contribution in [1.82, 2.24) is 0 Å². The zero-order valence-corrected chi connectivity index (χ0v) is 38.0. The molecular formula is C48H90NO7P. The maximum absolute atomic E-state index is 12.5. The molecule has 0 spiro atoms. The van der Waals surface area contributed by atoms with Gasteiger partial charge in [0.2, 0.25) is 0 Å². The number of allylic oxidation sites excluding steroid dienone is 8. The standard InChI is InChI=1S/C48H90NO7P/c1-3-5-7-9-11-13-15-17-18-19-20-21-22-23-24-25-26-27-28-30-32-34-36-38-40-43-53-45-47(46-55-57(51,52)54-44-42-49)56-48(50)41-39-37-35-33-31-29-16-14-12-10-8-6-4-2/h6,8,12,14,29,31,35,37,47H,3-5,7,9-11,13,15-28,30,32-34,36,38-46,49H2,1-2H3,(H,51,52)/b8-6-,14-12-,31-29-,37-35-. The van der Waals surface area contributed by atoms with Crippen molar-refractivity contribution in [2.75, 3.05) is 33.0 Å². The molecule has 8 nitrogen and oxygen atoms in total. The number of rotatable bonds is 45. The molecule has 2 atom stereocenters. The number of hydrogen-bond donors (Lipinski definition) is 2. The van der Waals surface area contributed by atoms with Gasteiger partial charge in [-0.15, -0.1) is 0 Å². The predicted octanol–water partition coefficient (Wildman–Crippen LogP) is 14.4. The van der Waals surface area contributed by atoms with Gasteiger partial charge in [-0.1, -0.05) is 217 Å². The average Bonchev–Trinajstić information content (AvgIpc) is 3.20. The minimum absolute atomic E-state index is 0.0893. The monoisotopic (exact) mass is 824 g/mol. The molecule has 0 aromatic rings.